The Bertz CT molecular complexity index is 1620. The number of pyridine rings is 1. The van der Waals surface area contributed by atoms with Gasteiger partial charge in [0.25, 0.3) is 5.91 Å². The summed E-state index contributed by atoms with van der Waals surface area (Å²) in [6, 6.07) is 9.12. The number of carbonyl (C=O) groups excluding carboxylic acids is 1. The number of methoxy groups -OCH3 is 1. The van der Waals surface area contributed by atoms with Gasteiger partial charge >= 0.3 is 0 Å². The summed E-state index contributed by atoms with van der Waals surface area (Å²) >= 11 is 1.60. The summed E-state index contributed by atoms with van der Waals surface area (Å²) in [5.41, 5.74) is 2.39. The molecular formula is C27H27N7O3S. The van der Waals surface area contributed by atoms with Gasteiger partial charge in [-0.05, 0) is 44.2 Å². The lowest BCUT2D eigenvalue weighted by Gasteiger charge is -2.28. The van der Waals surface area contributed by atoms with Gasteiger partial charge in [-0.2, -0.15) is 5.10 Å². The molecule has 5 heterocycles. The molecule has 0 atom stereocenters. The van der Waals surface area contributed by atoms with E-state index in [1.54, 1.807) is 61.3 Å². The summed E-state index contributed by atoms with van der Waals surface area (Å²) in [6.07, 6.45) is 5.28. The zero-order valence-electron chi connectivity index (χ0n) is 21.3. The number of hydrogen-bond donors (Lipinski definition) is 2. The molecule has 6 rings (SSSR count). The highest BCUT2D eigenvalue weighted by Crippen LogP contribution is 2.39. The lowest BCUT2D eigenvalue weighted by Crippen LogP contribution is -2.40. The van der Waals surface area contributed by atoms with Crippen LogP contribution in [0.3, 0.4) is 0 Å². The van der Waals surface area contributed by atoms with Crippen LogP contribution in [0.4, 0.5) is 5.82 Å². The van der Waals surface area contributed by atoms with Crippen LogP contribution in [0.15, 0.2) is 48.9 Å². The summed E-state index contributed by atoms with van der Waals surface area (Å²) in [5.74, 6) is 2.00. The maximum absolute atomic E-state index is 13.1. The van der Waals surface area contributed by atoms with Crippen molar-refractivity contribution in [1.29, 1.82) is 0 Å². The van der Waals surface area contributed by atoms with Crippen molar-refractivity contribution in [3.8, 4) is 17.1 Å². The van der Waals surface area contributed by atoms with Gasteiger partial charge in [0.05, 0.1) is 54.0 Å². The number of ether oxygens (including phenoxy) is 2. The molecule has 1 saturated heterocycles. The molecule has 10 nitrogen and oxygen atoms in total. The van der Waals surface area contributed by atoms with E-state index >= 15 is 0 Å². The van der Waals surface area contributed by atoms with Crippen molar-refractivity contribution in [2.45, 2.75) is 19.4 Å². The Morgan fingerprint density at radius 3 is 2.68 bits per heavy atom. The first-order valence-corrected chi connectivity index (χ1v) is 13.1. The number of aromatic amines is 1. The maximum Gasteiger partial charge on any atom is 0.251 e. The zero-order chi connectivity index (χ0) is 26.3. The molecular weight excluding hydrogens is 502 g/mol. The second-order valence-corrected chi connectivity index (χ2v) is 10.7. The van der Waals surface area contributed by atoms with Crippen LogP contribution in [0.2, 0.25) is 0 Å². The zero-order valence-corrected chi connectivity index (χ0v) is 22.1. The number of hydrogen-bond acceptors (Lipinski definition) is 9. The van der Waals surface area contributed by atoms with E-state index in [0.717, 1.165) is 50.5 Å². The number of H-pyrrole nitrogens is 1. The number of fused-ring (bicyclic) bond motifs is 2. The second-order valence-electron chi connectivity index (χ2n) is 9.62. The minimum absolute atomic E-state index is 0.159. The van der Waals surface area contributed by atoms with Gasteiger partial charge in [0.1, 0.15) is 5.75 Å². The molecule has 0 spiro atoms. The number of carbonyl (C=O) groups is 1. The Labute approximate surface area is 223 Å². The molecule has 2 N–H and O–H groups in total. The van der Waals surface area contributed by atoms with E-state index in [9.17, 15) is 4.79 Å². The van der Waals surface area contributed by atoms with E-state index in [1.807, 2.05) is 19.9 Å². The molecule has 4 aromatic heterocycles. The SMILES string of the molecule is COc1ccc(C(=O)NC(C)(C)c2cc3nc(-c4cncc5[nH]ncc45)nc(N4CCOCC4)c3s2)cc1. The van der Waals surface area contributed by atoms with Crippen LogP contribution < -0.4 is 15.0 Å². The molecule has 0 aliphatic carbocycles. The van der Waals surface area contributed by atoms with E-state index in [-0.39, 0.29) is 5.91 Å². The maximum atomic E-state index is 13.1. The molecule has 0 unspecified atom stereocenters. The molecule has 5 aromatic rings. The van der Waals surface area contributed by atoms with Crippen LogP contribution in [-0.2, 0) is 10.3 Å². The number of nitrogens with zero attached hydrogens (tertiary/aromatic N) is 5. The molecule has 1 aliphatic heterocycles. The van der Waals surface area contributed by atoms with Crippen molar-refractivity contribution in [1.82, 2.24) is 30.5 Å². The fourth-order valence-electron chi connectivity index (χ4n) is 4.54. The number of morpholine rings is 1. The van der Waals surface area contributed by atoms with Crippen LogP contribution in [0, 0.1) is 0 Å². The average Bonchev–Trinajstić information content (AvgIpc) is 3.60. The third kappa shape index (κ3) is 4.44. The topological polar surface area (TPSA) is 118 Å². The van der Waals surface area contributed by atoms with Gasteiger partial charge in [-0.3, -0.25) is 14.9 Å². The van der Waals surface area contributed by atoms with Gasteiger partial charge < -0.3 is 19.7 Å². The lowest BCUT2D eigenvalue weighted by molar-refractivity contribution is 0.0913. The number of aromatic nitrogens is 5. The summed E-state index contributed by atoms with van der Waals surface area (Å²) in [7, 11) is 1.60. The van der Waals surface area contributed by atoms with Gasteiger partial charge in [-0.25, -0.2) is 9.97 Å². The second kappa shape index (κ2) is 9.66. The normalized spacial score (nSPS) is 14.2. The van der Waals surface area contributed by atoms with Crippen LogP contribution >= 0.6 is 11.3 Å². The Balaban J connectivity index is 1.41. The first kappa shape index (κ1) is 24.3. The van der Waals surface area contributed by atoms with Crippen molar-refractivity contribution in [3.05, 3.63) is 59.4 Å². The van der Waals surface area contributed by atoms with Crippen molar-refractivity contribution >= 4 is 44.2 Å². The molecule has 1 aromatic carbocycles. The number of nitrogens with one attached hydrogen (secondary N) is 2. The molecule has 1 amide bonds. The molecule has 38 heavy (non-hydrogen) atoms. The smallest absolute Gasteiger partial charge is 0.251 e. The minimum atomic E-state index is -0.642. The van der Waals surface area contributed by atoms with Crippen LogP contribution in [-0.4, -0.2) is 64.5 Å². The van der Waals surface area contributed by atoms with Gasteiger partial charge in [-0.15, -0.1) is 11.3 Å². The Morgan fingerprint density at radius 2 is 1.92 bits per heavy atom. The van der Waals surface area contributed by atoms with Gasteiger partial charge in [0, 0.05) is 40.7 Å². The first-order valence-electron chi connectivity index (χ1n) is 12.3. The molecule has 1 fully saturated rings. The van der Waals surface area contributed by atoms with E-state index in [4.69, 9.17) is 19.4 Å². The third-order valence-corrected chi connectivity index (χ3v) is 8.11. The fraction of sp³-hybridized carbons (Fsp3) is 0.296. The Morgan fingerprint density at radius 1 is 1.13 bits per heavy atom. The predicted octanol–water partition coefficient (Wildman–Crippen LogP) is 4.14. The summed E-state index contributed by atoms with van der Waals surface area (Å²) < 4.78 is 11.8. The highest BCUT2D eigenvalue weighted by Gasteiger charge is 2.29. The number of anilines is 1. The highest BCUT2D eigenvalue weighted by atomic mass is 32.1. The number of thiophene rings is 1. The first-order chi connectivity index (χ1) is 18.4. The van der Waals surface area contributed by atoms with Gasteiger partial charge in [-0.1, -0.05) is 0 Å². The van der Waals surface area contributed by atoms with Gasteiger partial charge in [0.2, 0.25) is 0 Å². The Kier molecular flexibility index (Phi) is 6.16. The van der Waals surface area contributed by atoms with Crippen LogP contribution in [0.5, 0.6) is 5.75 Å². The fourth-order valence-corrected chi connectivity index (χ4v) is 5.71. The average molecular weight is 530 g/mol. The predicted molar refractivity (Wildman–Crippen MR) is 147 cm³/mol. The molecule has 11 heteroatoms. The standard InChI is InChI=1S/C27H27N7O3S/c1-27(2,32-26(35)16-4-6-17(36-3)7-5-16)22-12-20-23(38-22)25(34-8-10-37-11-9-34)31-24(30-20)19-13-28-15-21-18(19)14-29-33-21/h4-7,12-15H,8-11H2,1-3H3,(H,29,33)(H,32,35). The molecule has 1 aliphatic rings. The molecule has 194 valence electrons. The van der Waals surface area contributed by atoms with Crippen LogP contribution in [0.25, 0.3) is 32.5 Å². The molecule has 0 saturated carbocycles. The van der Waals surface area contributed by atoms with E-state index in [1.165, 1.54) is 0 Å². The summed E-state index contributed by atoms with van der Waals surface area (Å²) in [5, 5.41) is 11.2. The monoisotopic (exact) mass is 529 g/mol. The Hall–Kier alpha value is -4.09. The summed E-state index contributed by atoms with van der Waals surface area (Å²) in [4.78, 5) is 30.7. The lowest BCUT2D eigenvalue weighted by atomic mass is 10.0. The van der Waals surface area contributed by atoms with Crippen LogP contribution in [0.1, 0.15) is 29.1 Å². The van der Waals surface area contributed by atoms with Crippen molar-refractivity contribution in [3.63, 3.8) is 0 Å². The molecule has 0 bridgehead atoms. The van der Waals surface area contributed by atoms with E-state index in [0.29, 0.717) is 30.4 Å². The van der Waals surface area contributed by atoms with Crippen molar-refractivity contribution < 1.29 is 14.3 Å². The van der Waals surface area contributed by atoms with Crippen molar-refractivity contribution in [2.24, 2.45) is 0 Å². The van der Waals surface area contributed by atoms with E-state index < -0.39 is 5.54 Å². The minimum Gasteiger partial charge on any atom is -0.497 e. The van der Waals surface area contributed by atoms with Gasteiger partial charge in [0.15, 0.2) is 11.6 Å². The largest absolute Gasteiger partial charge is 0.497 e. The number of benzene rings is 1. The highest BCUT2D eigenvalue weighted by molar-refractivity contribution is 7.19. The van der Waals surface area contributed by atoms with Crippen molar-refractivity contribution in [2.75, 3.05) is 38.3 Å². The quantitative estimate of drug-likeness (QED) is 0.337. The number of amides is 1. The van der Waals surface area contributed by atoms with E-state index in [2.05, 4.69) is 25.4 Å². The number of rotatable bonds is 6. The third-order valence-electron chi connectivity index (χ3n) is 6.67. The molecule has 0 radical (unpaired) electrons. The summed E-state index contributed by atoms with van der Waals surface area (Å²) in [6.45, 7) is 6.76.